The highest BCUT2D eigenvalue weighted by Gasteiger charge is 2.29. The Hall–Kier alpha value is -0.120. The fourth-order valence-corrected chi connectivity index (χ4v) is 2.46. The van der Waals surface area contributed by atoms with Gasteiger partial charge in [0.25, 0.3) is 0 Å². The van der Waals surface area contributed by atoms with Crippen LogP contribution in [0.1, 0.15) is 47.5 Å². The molecule has 0 aliphatic rings. The summed E-state index contributed by atoms with van der Waals surface area (Å²) in [5, 5.41) is 3.38. The Balaban J connectivity index is 4.65. The van der Waals surface area contributed by atoms with Gasteiger partial charge >= 0.3 is 0 Å². The van der Waals surface area contributed by atoms with Crippen LogP contribution in [-0.4, -0.2) is 50.8 Å². The van der Waals surface area contributed by atoms with Gasteiger partial charge in [0.1, 0.15) is 0 Å². The molecule has 0 rings (SSSR count). The van der Waals surface area contributed by atoms with Crippen molar-refractivity contribution in [3.63, 3.8) is 0 Å². The lowest BCUT2D eigenvalue weighted by Crippen LogP contribution is -2.49. The number of hydrogen-bond acceptors (Lipinski definition) is 3. The number of rotatable bonds is 10. The van der Waals surface area contributed by atoms with Crippen LogP contribution < -0.4 is 5.32 Å². The minimum Gasteiger partial charge on any atom is -0.383 e. The molecular formula is C15H34N2O. The number of nitrogens with one attached hydrogen (secondary N) is 1. The van der Waals surface area contributed by atoms with E-state index < -0.39 is 0 Å². The van der Waals surface area contributed by atoms with Crippen LogP contribution in [0.25, 0.3) is 0 Å². The fraction of sp³-hybridized carbons (Fsp3) is 1.00. The lowest BCUT2D eigenvalue weighted by Gasteiger charge is -2.40. The first kappa shape index (κ1) is 17.9. The molecule has 0 aliphatic heterocycles. The fourth-order valence-electron chi connectivity index (χ4n) is 2.46. The summed E-state index contributed by atoms with van der Waals surface area (Å²) in [5.74, 6) is 0. The van der Waals surface area contributed by atoms with Gasteiger partial charge in [0.2, 0.25) is 0 Å². The summed E-state index contributed by atoms with van der Waals surface area (Å²) in [4.78, 5) is 2.59. The van der Waals surface area contributed by atoms with Gasteiger partial charge < -0.3 is 10.1 Å². The van der Waals surface area contributed by atoms with Gasteiger partial charge in [0.15, 0.2) is 0 Å². The van der Waals surface area contributed by atoms with Gasteiger partial charge in [-0.05, 0) is 32.2 Å². The molecule has 0 aliphatic carbocycles. The number of hydrogen-bond donors (Lipinski definition) is 1. The van der Waals surface area contributed by atoms with Crippen molar-refractivity contribution in [3.05, 3.63) is 0 Å². The van der Waals surface area contributed by atoms with Gasteiger partial charge in [-0.15, -0.1) is 0 Å². The van der Waals surface area contributed by atoms with Gasteiger partial charge in [0, 0.05) is 32.3 Å². The third-order valence-corrected chi connectivity index (χ3v) is 4.26. The molecule has 0 radical (unpaired) electrons. The highest BCUT2D eigenvalue weighted by atomic mass is 16.5. The zero-order valence-corrected chi connectivity index (χ0v) is 13.5. The molecule has 3 heteroatoms. The molecule has 0 saturated heterocycles. The molecule has 0 bridgehead atoms. The van der Waals surface area contributed by atoms with Gasteiger partial charge in [0.05, 0.1) is 6.61 Å². The summed E-state index contributed by atoms with van der Waals surface area (Å²) in [5.41, 5.74) is 0.269. The summed E-state index contributed by atoms with van der Waals surface area (Å²) < 4.78 is 5.26. The third-order valence-electron chi connectivity index (χ3n) is 4.26. The second-order valence-corrected chi connectivity index (χ2v) is 5.93. The van der Waals surface area contributed by atoms with Crippen LogP contribution in [0.3, 0.4) is 0 Å². The van der Waals surface area contributed by atoms with Crippen molar-refractivity contribution in [2.45, 2.75) is 59.5 Å². The smallest absolute Gasteiger partial charge is 0.0589 e. The lowest BCUT2D eigenvalue weighted by atomic mass is 9.84. The van der Waals surface area contributed by atoms with Crippen LogP contribution in [-0.2, 0) is 4.74 Å². The largest absolute Gasteiger partial charge is 0.383 e. The molecule has 1 atom stereocenters. The van der Waals surface area contributed by atoms with E-state index in [2.05, 4.69) is 44.8 Å². The van der Waals surface area contributed by atoms with Gasteiger partial charge in [-0.1, -0.05) is 27.7 Å². The SMILES string of the molecule is CCC(CC)N(CCOC)CC(C)(C)C(C)NC. The molecule has 0 aromatic rings. The summed E-state index contributed by atoms with van der Waals surface area (Å²) in [6.07, 6.45) is 2.43. The van der Waals surface area contributed by atoms with Gasteiger partial charge in [-0.2, -0.15) is 0 Å². The van der Waals surface area contributed by atoms with E-state index in [-0.39, 0.29) is 5.41 Å². The van der Waals surface area contributed by atoms with Crippen molar-refractivity contribution >= 4 is 0 Å². The van der Waals surface area contributed by atoms with Crippen molar-refractivity contribution in [1.29, 1.82) is 0 Å². The van der Waals surface area contributed by atoms with E-state index in [1.54, 1.807) is 7.11 Å². The van der Waals surface area contributed by atoms with Crippen LogP contribution in [0.5, 0.6) is 0 Å². The van der Waals surface area contributed by atoms with Crippen LogP contribution >= 0.6 is 0 Å². The summed E-state index contributed by atoms with van der Waals surface area (Å²) in [7, 11) is 3.83. The minimum absolute atomic E-state index is 0.269. The first-order valence-electron chi connectivity index (χ1n) is 7.33. The van der Waals surface area contributed by atoms with Gasteiger partial charge in [-0.3, -0.25) is 4.90 Å². The standard InChI is InChI=1S/C15H34N2O/c1-8-14(9-2)17(10-11-18-7)12-15(4,5)13(3)16-6/h13-14,16H,8-12H2,1-7H3. The van der Waals surface area contributed by atoms with E-state index in [9.17, 15) is 0 Å². The molecule has 0 aromatic carbocycles. The van der Waals surface area contributed by atoms with E-state index in [1.165, 1.54) is 12.8 Å². The monoisotopic (exact) mass is 258 g/mol. The second kappa shape index (κ2) is 8.89. The zero-order chi connectivity index (χ0) is 14.2. The number of ether oxygens (including phenoxy) is 1. The number of methoxy groups -OCH3 is 1. The average Bonchev–Trinajstić information content (AvgIpc) is 2.35. The predicted molar refractivity (Wildman–Crippen MR) is 80.1 cm³/mol. The van der Waals surface area contributed by atoms with Crippen molar-refractivity contribution in [2.24, 2.45) is 5.41 Å². The van der Waals surface area contributed by atoms with E-state index in [1.807, 2.05) is 7.05 Å². The van der Waals surface area contributed by atoms with Crippen molar-refractivity contribution < 1.29 is 4.74 Å². The van der Waals surface area contributed by atoms with Crippen LogP contribution in [0, 0.1) is 5.41 Å². The molecule has 0 saturated carbocycles. The third kappa shape index (κ3) is 5.68. The molecule has 1 unspecified atom stereocenters. The van der Waals surface area contributed by atoms with Crippen molar-refractivity contribution in [3.8, 4) is 0 Å². The highest BCUT2D eigenvalue weighted by molar-refractivity contribution is 4.85. The van der Waals surface area contributed by atoms with E-state index in [0.717, 1.165) is 19.7 Å². The molecule has 18 heavy (non-hydrogen) atoms. The highest BCUT2D eigenvalue weighted by Crippen LogP contribution is 2.24. The topological polar surface area (TPSA) is 24.5 Å². The number of nitrogens with zero attached hydrogens (tertiary/aromatic N) is 1. The molecule has 3 nitrogen and oxygen atoms in total. The van der Waals surface area contributed by atoms with E-state index in [0.29, 0.717) is 12.1 Å². The van der Waals surface area contributed by atoms with Crippen molar-refractivity contribution in [2.75, 3.05) is 33.9 Å². The van der Waals surface area contributed by atoms with Crippen LogP contribution in [0.15, 0.2) is 0 Å². The maximum absolute atomic E-state index is 5.26. The molecule has 110 valence electrons. The van der Waals surface area contributed by atoms with Gasteiger partial charge in [-0.25, -0.2) is 0 Å². The first-order chi connectivity index (χ1) is 8.42. The predicted octanol–water partition coefficient (Wildman–Crippen LogP) is 2.76. The van der Waals surface area contributed by atoms with Crippen molar-refractivity contribution in [1.82, 2.24) is 10.2 Å². The normalized spacial score (nSPS) is 14.5. The first-order valence-corrected chi connectivity index (χ1v) is 7.33. The Morgan fingerprint density at radius 1 is 1.22 bits per heavy atom. The van der Waals surface area contributed by atoms with E-state index >= 15 is 0 Å². The maximum atomic E-state index is 5.26. The molecule has 0 fully saturated rings. The summed E-state index contributed by atoms with van der Waals surface area (Å²) in [6, 6.07) is 1.18. The Morgan fingerprint density at radius 3 is 2.17 bits per heavy atom. The molecular weight excluding hydrogens is 224 g/mol. The Bertz CT molecular complexity index is 203. The Labute approximate surface area is 114 Å². The lowest BCUT2D eigenvalue weighted by molar-refractivity contribution is 0.0705. The Morgan fingerprint density at radius 2 is 1.78 bits per heavy atom. The second-order valence-electron chi connectivity index (χ2n) is 5.93. The zero-order valence-electron chi connectivity index (χ0n) is 13.5. The quantitative estimate of drug-likeness (QED) is 0.652. The molecule has 0 aromatic heterocycles. The molecule has 1 N–H and O–H groups in total. The van der Waals surface area contributed by atoms with E-state index in [4.69, 9.17) is 4.74 Å². The van der Waals surface area contributed by atoms with Crippen LogP contribution in [0.4, 0.5) is 0 Å². The molecule has 0 amide bonds. The summed E-state index contributed by atoms with van der Waals surface area (Å²) >= 11 is 0. The summed E-state index contributed by atoms with van der Waals surface area (Å²) in [6.45, 7) is 14.5. The average molecular weight is 258 g/mol. The molecule has 0 heterocycles. The minimum atomic E-state index is 0.269. The van der Waals surface area contributed by atoms with Crippen LogP contribution in [0.2, 0.25) is 0 Å². The molecule has 0 spiro atoms. The Kier molecular flexibility index (Phi) is 8.83. The maximum Gasteiger partial charge on any atom is 0.0589 e.